The second-order valence-corrected chi connectivity index (χ2v) is 6.83. The summed E-state index contributed by atoms with van der Waals surface area (Å²) >= 11 is 1.75. The van der Waals surface area contributed by atoms with Crippen LogP contribution in [0.15, 0.2) is 12.1 Å². The average Bonchev–Trinajstić information content (AvgIpc) is 2.79. The van der Waals surface area contributed by atoms with E-state index in [4.69, 9.17) is 0 Å². The molecule has 0 saturated carbocycles. The molecule has 2 heterocycles. The first kappa shape index (κ1) is 15.0. The molecule has 20 heavy (non-hydrogen) atoms. The predicted octanol–water partition coefficient (Wildman–Crippen LogP) is 2.11. The van der Waals surface area contributed by atoms with Gasteiger partial charge in [0, 0.05) is 22.2 Å². The Kier molecular flexibility index (Phi) is 4.48. The van der Waals surface area contributed by atoms with Crippen molar-refractivity contribution < 1.29 is 9.59 Å². The molecule has 0 aromatic carbocycles. The van der Waals surface area contributed by atoms with Crippen LogP contribution >= 0.6 is 11.3 Å². The van der Waals surface area contributed by atoms with Crippen LogP contribution in [-0.2, 0) is 16.0 Å². The first-order valence-corrected chi connectivity index (χ1v) is 7.93. The Bertz CT molecular complexity index is 512. The molecular formula is C15H22N2O2S. The summed E-state index contributed by atoms with van der Waals surface area (Å²) in [5.41, 5.74) is 0. The minimum absolute atomic E-state index is 0.0376. The van der Waals surface area contributed by atoms with Gasteiger partial charge in [-0.1, -0.05) is 6.92 Å². The Morgan fingerprint density at radius 3 is 2.65 bits per heavy atom. The van der Waals surface area contributed by atoms with Crippen molar-refractivity contribution in [2.45, 2.75) is 58.7 Å². The van der Waals surface area contributed by atoms with Gasteiger partial charge in [-0.15, -0.1) is 11.3 Å². The van der Waals surface area contributed by atoms with E-state index in [2.05, 4.69) is 24.4 Å². The second kappa shape index (κ2) is 5.95. The molecule has 1 fully saturated rings. The highest BCUT2D eigenvalue weighted by Crippen LogP contribution is 2.22. The molecule has 110 valence electrons. The SMILES string of the molecule is CCC1NC(=O)C(C)N(C(C)Cc2ccc(C)s2)C1=O. The number of hydrogen-bond acceptors (Lipinski definition) is 3. The molecule has 0 radical (unpaired) electrons. The predicted molar refractivity (Wildman–Crippen MR) is 80.8 cm³/mol. The number of amides is 2. The molecule has 2 amide bonds. The molecular weight excluding hydrogens is 272 g/mol. The smallest absolute Gasteiger partial charge is 0.246 e. The molecule has 1 aromatic heterocycles. The van der Waals surface area contributed by atoms with E-state index in [1.54, 1.807) is 23.2 Å². The van der Waals surface area contributed by atoms with E-state index in [9.17, 15) is 9.59 Å². The Hall–Kier alpha value is -1.36. The monoisotopic (exact) mass is 294 g/mol. The van der Waals surface area contributed by atoms with Crippen molar-refractivity contribution in [3.63, 3.8) is 0 Å². The topological polar surface area (TPSA) is 49.4 Å². The summed E-state index contributed by atoms with van der Waals surface area (Å²) in [6.07, 6.45) is 1.44. The number of rotatable bonds is 4. The number of thiophene rings is 1. The summed E-state index contributed by atoms with van der Waals surface area (Å²) in [5.74, 6) is -0.00830. The number of nitrogens with one attached hydrogen (secondary N) is 1. The molecule has 2 rings (SSSR count). The highest BCUT2D eigenvalue weighted by Gasteiger charge is 2.39. The second-order valence-electron chi connectivity index (χ2n) is 5.46. The third-order valence-electron chi connectivity index (χ3n) is 3.84. The number of carbonyl (C=O) groups excluding carboxylic acids is 2. The van der Waals surface area contributed by atoms with Crippen LogP contribution < -0.4 is 5.32 Å². The number of nitrogens with zero attached hydrogens (tertiary/aromatic N) is 1. The van der Waals surface area contributed by atoms with Crippen LogP contribution in [0.3, 0.4) is 0 Å². The van der Waals surface area contributed by atoms with Crippen molar-refractivity contribution in [1.29, 1.82) is 0 Å². The summed E-state index contributed by atoms with van der Waals surface area (Å²) in [7, 11) is 0. The minimum atomic E-state index is -0.388. The highest BCUT2D eigenvalue weighted by atomic mass is 32.1. The molecule has 1 aliphatic heterocycles. The van der Waals surface area contributed by atoms with Gasteiger partial charge in [0.15, 0.2) is 0 Å². The normalized spacial score (nSPS) is 24.7. The standard InChI is InChI=1S/C15H22N2O2S/c1-5-13-15(19)17(11(4)14(18)16-13)9(2)8-12-7-6-10(3)20-12/h6-7,9,11,13H,5,8H2,1-4H3,(H,16,18). The summed E-state index contributed by atoms with van der Waals surface area (Å²) in [6, 6.07) is 3.48. The van der Waals surface area contributed by atoms with Crippen molar-refractivity contribution in [3.8, 4) is 0 Å². The van der Waals surface area contributed by atoms with Crippen LogP contribution in [0.5, 0.6) is 0 Å². The third-order valence-corrected chi connectivity index (χ3v) is 4.86. The fourth-order valence-corrected chi connectivity index (χ4v) is 3.72. The lowest BCUT2D eigenvalue weighted by molar-refractivity contribution is -0.151. The molecule has 1 N–H and O–H groups in total. The first-order valence-electron chi connectivity index (χ1n) is 7.12. The summed E-state index contributed by atoms with van der Waals surface area (Å²) in [6.45, 7) is 7.82. The zero-order valence-corrected chi connectivity index (χ0v) is 13.3. The molecule has 3 atom stereocenters. The number of hydrogen-bond donors (Lipinski definition) is 1. The Balaban J connectivity index is 2.15. The lowest BCUT2D eigenvalue weighted by atomic mass is 10.0. The fraction of sp³-hybridized carbons (Fsp3) is 0.600. The molecule has 1 aliphatic rings. The average molecular weight is 294 g/mol. The minimum Gasteiger partial charge on any atom is -0.343 e. The number of piperazine rings is 1. The molecule has 3 unspecified atom stereocenters. The van der Waals surface area contributed by atoms with Gasteiger partial charge >= 0.3 is 0 Å². The Morgan fingerprint density at radius 2 is 2.10 bits per heavy atom. The van der Waals surface area contributed by atoms with E-state index in [-0.39, 0.29) is 29.9 Å². The maximum absolute atomic E-state index is 12.5. The summed E-state index contributed by atoms with van der Waals surface area (Å²) in [4.78, 5) is 28.7. The van der Waals surface area contributed by atoms with Crippen LogP contribution in [0.4, 0.5) is 0 Å². The van der Waals surface area contributed by atoms with Gasteiger partial charge in [0.05, 0.1) is 0 Å². The first-order chi connectivity index (χ1) is 9.43. The van der Waals surface area contributed by atoms with E-state index in [1.807, 2.05) is 13.8 Å². The van der Waals surface area contributed by atoms with Crippen molar-refractivity contribution >= 4 is 23.2 Å². The Labute approximate surface area is 124 Å². The molecule has 1 aromatic rings. The van der Waals surface area contributed by atoms with Gasteiger partial charge in [-0.25, -0.2) is 0 Å². The van der Waals surface area contributed by atoms with Crippen molar-refractivity contribution in [1.82, 2.24) is 10.2 Å². The van der Waals surface area contributed by atoms with E-state index >= 15 is 0 Å². The number of aryl methyl sites for hydroxylation is 1. The molecule has 5 heteroatoms. The van der Waals surface area contributed by atoms with Gasteiger partial charge in [0.25, 0.3) is 0 Å². The maximum Gasteiger partial charge on any atom is 0.246 e. The highest BCUT2D eigenvalue weighted by molar-refractivity contribution is 7.11. The van der Waals surface area contributed by atoms with E-state index < -0.39 is 0 Å². The summed E-state index contributed by atoms with van der Waals surface area (Å²) < 4.78 is 0. The van der Waals surface area contributed by atoms with Gasteiger partial charge in [0.2, 0.25) is 11.8 Å². The van der Waals surface area contributed by atoms with Gasteiger partial charge < -0.3 is 10.2 Å². The van der Waals surface area contributed by atoms with Gasteiger partial charge in [0.1, 0.15) is 12.1 Å². The van der Waals surface area contributed by atoms with Crippen LogP contribution in [0.2, 0.25) is 0 Å². The van der Waals surface area contributed by atoms with Crippen molar-refractivity contribution in [2.24, 2.45) is 0 Å². The van der Waals surface area contributed by atoms with Crippen molar-refractivity contribution in [2.75, 3.05) is 0 Å². The van der Waals surface area contributed by atoms with E-state index in [0.717, 1.165) is 6.42 Å². The van der Waals surface area contributed by atoms with Crippen LogP contribution in [0, 0.1) is 6.92 Å². The fourth-order valence-electron chi connectivity index (χ4n) is 2.71. The summed E-state index contributed by atoms with van der Waals surface area (Å²) in [5, 5.41) is 2.79. The van der Waals surface area contributed by atoms with Crippen LogP contribution in [0.1, 0.15) is 36.9 Å². The number of carbonyl (C=O) groups is 2. The zero-order chi connectivity index (χ0) is 14.9. The molecule has 0 spiro atoms. The quantitative estimate of drug-likeness (QED) is 0.924. The third kappa shape index (κ3) is 2.87. The molecule has 1 saturated heterocycles. The molecule has 0 aliphatic carbocycles. The molecule has 0 bridgehead atoms. The van der Waals surface area contributed by atoms with Crippen LogP contribution in [-0.4, -0.2) is 34.8 Å². The maximum atomic E-state index is 12.5. The molecule has 4 nitrogen and oxygen atoms in total. The lowest BCUT2D eigenvalue weighted by Crippen LogP contribution is -2.64. The van der Waals surface area contributed by atoms with E-state index in [1.165, 1.54) is 9.75 Å². The lowest BCUT2D eigenvalue weighted by Gasteiger charge is -2.40. The van der Waals surface area contributed by atoms with E-state index in [0.29, 0.717) is 6.42 Å². The largest absolute Gasteiger partial charge is 0.343 e. The van der Waals surface area contributed by atoms with Crippen LogP contribution in [0.25, 0.3) is 0 Å². The van der Waals surface area contributed by atoms with Crippen molar-refractivity contribution in [3.05, 3.63) is 21.9 Å². The van der Waals surface area contributed by atoms with Gasteiger partial charge in [-0.05, 0) is 39.3 Å². The zero-order valence-electron chi connectivity index (χ0n) is 12.5. The van der Waals surface area contributed by atoms with Gasteiger partial charge in [-0.2, -0.15) is 0 Å². The van der Waals surface area contributed by atoms with Gasteiger partial charge in [-0.3, -0.25) is 9.59 Å². The Morgan fingerprint density at radius 1 is 1.40 bits per heavy atom.